The number of sulfonamides is 1. The van der Waals surface area contributed by atoms with E-state index in [-0.39, 0.29) is 17.5 Å². The smallest absolute Gasteiger partial charge is 0.264 e. The van der Waals surface area contributed by atoms with Crippen LogP contribution in [0.4, 0.5) is 5.69 Å². The fraction of sp³-hybridized carbons (Fsp3) is 0.208. The average molecular weight is 453 g/mol. The molecule has 0 aliphatic carbocycles. The van der Waals surface area contributed by atoms with Crippen LogP contribution in [0.25, 0.3) is 0 Å². The first-order valence-corrected chi connectivity index (χ1v) is 11.6. The Hall–Kier alpha value is -3.52. The summed E-state index contributed by atoms with van der Waals surface area (Å²) in [6, 6.07) is 22.0. The van der Waals surface area contributed by atoms with E-state index >= 15 is 0 Å². The molecule has 8 heteroatoms. The monoisotopic (exact) mass is 452 g/mol. The van der Waals surface area contributed by atoms with E-state index in [1.807, 2.05) is 31.2 Å². The van der Waals surface area contributed by atoms with Crippen LogP contribution in [0, 0.1) is 0 Å². The summed E-state index contributed by atoms with van der Waals surface area (Å²) in [5, 5.41) is 2.92. The van der Waals surface area contributed by atoms with E-state index in [9.17, 15) is 13.2 Å². The molecule has 0 spiro atoms. The Morgan fingerprint density at radius 1 is 1.03 bits per heavy atom. The fourth-order valence-electron chi connectivity index (χ4n) is 3.57. The van der Waals surface area contributed by atoms with Crippen molar-refractivity contribution >= 4 is 21.6 Å². The van der Waals surface area contributed by atoms with E-state index < -0.39 is 22.0 Å². The first kappa shape index (κ1) is 21.7. The predicted octanol–water partition coefficient (Wildman–Crippen LogP) is 3.53. The number of fused-ring (bicyclic) bond motifs is 1. The molecule has 0 aromatic heterocycles. The number of benzene rings is 3. The highest BCUT2D eigenvalue weighted by Gasteiger charge is 2.37. The van der Waals surface area contributed by atoms with Gasteiger partial charge in [0.2, 0.25) is 0 Å². The van der Waals surface area contributed by atoms with Gasteiger partial charge in [0.05, 0.1) is 30.3 Å². The minimum Gasteiger partial charge on any atom is -0.497 e. The molecule has 166 valence electrons. The van der Waals surface area contributed by atoms with Crippen molar-refractivity contribution in [1.82, 2.24) is 5.32 Å². The van der Waals surface area contributed by atoms with Crippen molar-refractivity contribution in [1.29, 1.82) is 0 Å². The van der Waals surface area contributed by atoms with Gasteiger partial charge in [-0.2, -0.15) is 0 Å². The molecule has 0 saturated carbocycles. The van der Waals surface area contributed by atoms with Gasteiger partial charge in [0.25, 0.3) is 15.9 Å². The summed E-state index contributed by atoms with van der Waals surface area (Å²) in [6.07, 6.45) is -0.996. The number of hydrogen-bond acceptors (Lipinski definition) is 5. The largest absolute Gasteiger partial charge is 0.497 e. The summed E-state index contributed by atoms with van der Waals surface area (Å²) < 4.78 is 39.0. The number of para-hydroxylation sites is 2. The number of nitrogens with one attached hydrogen (secondary N) is 1. The minimum atomic E-state index is -3.87. The molecule has 3 aromatic carbocycles. The van der Waals surface area contributed by atoms with Crippen LogP contribution in [0.1, 0.15) is 18.5 Å². The Labute approximate surface area is 187 Å². The summed E-state index contributed by atoms with van der Waals surface area (Å²) in [5.41, 5.74) is 1.30. The van der Waals surface area contributed by atoms with Crippen LogP contribution in [0.2, 0.25) is 0 Å². The van der Waals surface area contributed by atoms with E-state index in [0.29, 0.717) is 11.4 Å². The van der Waals surface area contributed by atoms with Crippen molar-refractivity contribution in [2.45, 2.75) is 24.0 Å². The van der Waals surface area contributed by atoms with Crippen LogP contribution in [-0.2, 0) is 14.8 Å². The number of methoxy groups -OCH3 is 1. The molecule has 1 amide bonds. The summed E-state index contributed by atoms with van der Waals surface area (Å²) in [4.78, 5) is 13.2. The fourth-order valence-corrected chi connectivity index (χ4v) is 5.07. The lowest BCUT2D eigenvalue weighted by molar-refractivity contribution is -0.128. The number of hydrogen-bond donors (Lipinski definition) is 1. The van der Waals surface area contributed by atoms with Crippen molar-refractivity contribution in [3.8, 4) is 11.5 Å². The summed E-state index contributed by atoms with van der Waals surface area (Å²) >= 11 is 0. The van der Waals surface area contributed by atoms with Gasteiger partial charge in [-0.3, -0.25) is 9.10 Å². The second-order valence-corrected chi connectivity index (χ2v) is 9.29. The van der Waals surface area contributed by atoms with Crippen molar-refractivity contribution in [3.63, 3.8) is 0 Å². The molecular formula is C24H24N2O5S. The molecule has 1 heterocycles. The molecule has 2 atom stereocenters. The van der Waals surface area contributed by atoms with Crippen molar-refractivity contribution < 1.29 is 22.7 Å². The number of amides is 1. The summed E-state index contributed by atoms with van der Waals surface area (Å²) in [7, 11) is -2.28. The molecule has 0 fully saturated rings. The number of rotatable bonds is 6. The molecule has 7 nitrogen and oxygen atoms in total. The lowest BCUT2D eigenvalue weighted by Crippen LogP contribution is -2.51. The Morgan fingerprint density at radius 2 is 1.69 bits per heavy atom. The lowest BCUT2D eigenvalue weighted by atomic mass is 10.1. The SMILES string of the molecule is COc1ccc([C@H](C)NC(=O)[C@H]2CN(S(=O)(=O)c3ccccc3)c3ccccc3O2)cc1. The standard InChI is InChI=1S/C24H24N2O5S/c1-17(18-12-14-19(30-2)15-13-18)25-24(27)23-16-26(21-10-6-7-11-22(21)31-23)32(28,29)20-8-4-3-5-9-20/h3-15,17,23H,16H2,1-2H3,(H,25,27)/t17-,23+/m0/s1. The zero-order valence-corrected chi connectivity index (χ0v) is 18.6. The Kier molecular flexibility index (Phi) is 6.05. The Balaban J connectivity index is 1.58. The maximum absolute atomic E-state index is 13.3. The molecule has 0 saturated heterocycles. The lowest BCUT2D eigenvalue weighted by Gasteiger charge is -2.35. The highest BCUT2D eigenvalue weighted by Crippen LogP contribution is 2.36. The quantitative estimate of drug-likeness (QED) is 0.619. The molecule has 1 aliphatic heterocycles. The van der Waals surface area contributed by atoms with Crippen LogP contribution in [0.5, 0.6) is 11.5 Å². The van der Waals surface area contributed by atoms with Gasteiger partial charge < -0.3 is 14.8 Å². The van der Waals surface area contributed by atoms with Gasteiger partial charge in [-0.15, -0.1) is 0 Å². The first-order chi connectivity index (χ1) is 15.4. The first-order valence-electron chi connectivity index (χ1n) is 10.2. The van der Waals surface area contributed by atoms with Crippen molar-refractivity contribution in [3.05, 3.63) is 84.4 Å². The van der Waals surface area contributed by atoms with E-state index in [2.05, 4.69) is 5.32 Å². The number of nitrogens with zero attached hydrogens (tertiary/aromatic N) is 1. The van der Waals surface area contributed by atoms with Gasteiger partial charge >= 0.3 is 0 Å². The van der Waals surface area contributed by atoms with Crippen LogP contribution in [-0.4, -0.2) is 34.1 Å². The average Bonchev–Trinajstić information content (AvgIpc) is 2.83. The molecule has 1 N–H and O–H groups in total. The van der Waals surface area contributed by atoms with Crippen LogP contribution < -0.4 is 19.1 Å². The van der Waals surface area contributed by atoms with Gasteiger partial charge in [0, 0.05) is 0 Å². The second-order valence-electron chi connectivity index (χ2n) is 7.43. The van der Waals surface area contributed by atoms with Gasteiger partial charge in [-0.05, 0) is 48.9 Å². The zero-order valence-electron chi connectivity index (χ0n) is 17.8. The molecule has 0 unspecified atom stereocenters. The number of ether oxygens (including phenoxy) is 2. The molecule has 0 radical (unpaired) electrons. The van der Waals surface area contributed by atoms with Crippen LogP contribution in [0.15, 0.2) is 83.8 Å². The Bertz CT molecular complexity index is 1200. The van der Waals surface area contributed by atoms with E-state index in [1.165, 1.54) is 16.4 Å². The highest BCUT2D eigenvalue weighted by atomic mass is 32.2. The normalized spacial score (nSPS) is 16.4. The van der Waals surface area contributed by atoms with E-state index in [1.54, 1.807) is 49.6 Å². The van der Waals surface area contributed by atoms with Crippen LogP contribution >= 0.6 is 0 Å². The third-order valence-corrected chi connectivity index (χ3v) is 7.13. The Morgan fingerprint density at radius 3 is 2.38 bits per heavy atom. The predicted molar refractivity (Wildman–Crippen MR) is 121 cm³/mol. The topological polar surface area (TPSA) is 84.9 Å². The second kappa shape index (κ2) is 8.92. The molecule has 4 rings (SSSR count). The van der Waals surface area contributed by atoms with Gasteiger partial charge in [-0.1, -0.05) is 42.5 Å². The van der Waals surface area contributed by atoms with E-state index in [0.717, 1.165) is 11.3 Å². The minimum absolute atomic E-state index is 0.130. The summed E-state index contributed by atoms with van der Waals surface area (Å²) in [5.74, 6) is 0.674. The molecule has 32 heavy (non-hydrogen) atoms. The van der Waals surface area contributed by atoms with Gasteiger partial charge in [0.15, 0.2) is 6.10 Å². The van der Waals surface area contributed by atoms with Crippen LogP contribution in [0.3, 0.4) is 0 Å². The van der Waals surface area contributed by atoms with E-state index in [4.69, 9.17) is 9.47 Å². The molecule has 3 aromatic rings. The molecule has 0 bridgehead atoms. The molecular weight excluding hydrogens is 428 g/mol. The number of anilines is 1. The number of carbonyl (C=O) groups excluding carboxylic acids is 1. The molecule has 1 aliphatic rings. The number of carbonyl (C=O) groups is 1. The maximum Gasteiger partial charge on any atom is 0.264 e. The van der Waals surface area contributed by atoms with Gasteiger partial charge in [-0.25, -0.2) is 8.42 Å². The van der Waals surface area contributed by atoms with Gasteiger partial charge in [0.1, 0.15) is 11.5 Å². The zero-order chi connectivity index (χ0) is 22.7. The maximum atomic E-state index is 13.3. The third kappa shape index (κ3) is 4.27. The van der Waals surface area contributed by atoms with Crippen molar-refractivity contribution in [2.24, 2.45) is 0 Å². The third-order valence-electron chi connectivity index (χ3n) is 5.33. The summed E-state index contributed by atoms with van der Waals surface area (Å²) in [6.45, 7) is 1.73. The van der Waals surface area contributed by atoms with Crippen molar-refractivity contribution in [2.75, 3.05) is 18.0 Å². The highest BCUT2D eigenvalue weighted by molar-refractivity contribution is 7.92.